The van der Waals surface area contributed by atoms with Gasteiger partial charge in [-0.05, 0) is 37.4 Å². The summed E-state index contributed by atoms with van der Waals surface area (Å²) < 4.78 is 0. The number of nitrogens with one attached hydrogen (secondary N) is 1. The molecule has 5 unspecified atom stereocenters. The summed E-state index contributed by atoms with van der Waals surface area (Å²) >= 11 is 1.78. The fraction of sp³-hybridized carbons (Fsp3) is 0.917. The number of nitrogens with two attached hydrogens (primary N) is 1. The summed E-state index contributed by atoms with van der Waals surface area (Å²) in [4.78, 5) is 12.1. The van der Waals surface area contributed by atoms with Crippen molar-refractivity contribution in [2.45, 2.75) is 37.5 Å². The van der Waals surface area contributed by atoms with E-state index in [-0.39, 0.29) is 17.9 Å². The molecule has 0 heterocycles. The Hall–Kier alpha value is -0.220. The van der Waals surface area contributed by atoms with E-state index in [0.717, 1.165) is 6.54 Å². The summed E-state index contributed by atoms with van der Waals surface area (Å²) in [6.45, 7) is 2.90. The molecule has 0 aromatic rings. The maximum Gasteiger partial charge on any atom is 0.225 e. The highest BCUT2D eigenvalue weighted by Crippen LogP contribution is 2.47. The number of hydrogen-bond acceptors (Lipinski definition) is 3. The second-order valence-corrected chi connectivity index (χ2v) is 6.50. The van der Waals surface area contributed by atoms with Gasteiger partial charge in [0.15, 0.2) is 0 Å². The molecule has 2 aliphatic rings. The van der Waals surface area contributed by atoms with E-state index in [1.54, 1.807) is 11.8 Å². The molecule has 0 aliphatic heterocycles. The molecule has 2 saturated carbocycles. The third-order valence-electron chi connectivity index (χ3n) is 4.25. The first kappa shape index (κ1) is 12.2. The van der Waals surface area contributed by atoms with E-state index >= 15 is 0 Å². The Morgan fingerprint density at radius 1 is 1.50 bits per heavy atom. The molecule has 0 radical (unpaired) electrons. The molecule has 2 aliphatic carbocycles. The van der Waals surface area contributed by atoms with Gasteiger partial charge in [0.25, 0.3) is 0 Å². The van der Waals surface area contributed by atoms with Crippen molar-refractivity contribution >= 4 is 17.7 Å². The van der Waals surface area contributed by atoms with Crippen LogP contribution in [0.5, 0.6) is 0 Å². The molecule has 0 spiro atoms. The Kier molecular flexibility index (Phi) is 3.80. The van der Waals surface area contributed by atoms with Crippen molar-refractivity contribution in [3.05, 3.63) is 0 Å². The van der Waals surface area contributed by atoms with Gasteiger partial charge in [-0.2, -0.15) is 11.8 Å². The van der Waals surface area contributed by atoms with Gasteiger partial charge in [-0.3, -0.25) is 4.79 Å². The van der Waals surface area contributed by atoms with Crippen LogP contribution in [0.25, 0.3) is 0 Å². The van der Waals surface area contributed by atoms with E-state index in [2.05, 4.69) is 18.5 Å². The van der Waals surface area contributed by atoms with Gasteiger partial charge >= 0.3 is 0 Å². The van der Waals surface area contributed by atoms with Crippen LogP contribution in [0.3, 0.4) is 0 Å². The topological polar surface area (TPSA) is 55.1 Å². The molecule has 16 heavy (non-hydrogen) atoms. The number of carbonyl (C=O) groups is 1. The number of fused-ring (bicyclic) bond motifs is 2. The zero-order chi connectivity index (χ0) is 11.7. The molecular weight excluding hydrogens is 220 g/mol. The molecule has 2 bridgehead atoms. The van der Waals surface area contributed by atoms with Crippen LogP contribution >= 0.6 is 11.8 Å². The van der Waals surface area contributed by atoms with E-state index in [1.807, 2.05) is 0 Å². The van der Waals surface area contributed by atoms with Crippen molar-refractivity contribution in [3.63, 3.8) is 0 Å². The minimum absolute atomic E-state index is 0.0906. The van der Waals surface area contributed by atoms with Crippen LogP contribution in [0.2, 0.25) is 0 Å². The van der Waals surface area contributed by atoms with Crippen molar-refractivity contribution in [1.29, 1.82) is 0 Å². The number of amides is 1. The molecule has 3 nitrogen and oxygen atoms in total. The van der Waals surface area contributed by atoms with Crippen LogP contribution in [0.15, 0.2) is 0 Å². The fourth-order valence-electron chi connectivity index (χ4n) is 3.17. The standard InChI is InChI=1S/C12H22N2OS/c1-7(16-2)6-14-12(15)10-8-3-4-9(5-8)11(10)13/h7-11H,3-6,13H2,1-2H3,(H,14,15). The minimum Gasteiger partial charge on any atom is -0.355 e. The number of hydrogen-bond donors (Lipinski definition) is 2. The average Bonchev–Trinajstić information content (AvgIpc) is 2.85. The van der Waals surface area contributed by atoms with Crippen molar-refractivity contribution in [2.24, 2.45) is 23.5 Å². The molecule has 5 atom stereocenters. The Bertz CT molecular complexity index is 270. The van der Waals surface area contributed by atoms with Gasteiger partial charge in [0.1, 0.15) is 0 Å². The third kappa shape index (κ3) is 2.23. The summed E-state index contributed by atoms with van der Waals surface area (Å²) in [5.41, 5.74) is 6.14. The third-order valence-corrected chi connectivity index (χ3v) is 5.22. The molecular formula is C12H22N2OS. The molecule has 4 heteroatoms. The summed E-state index contributed by atoms with van der Waals surface area (Å²) in [5.74, 6) is 1.46. The Morgan fingerprint density at radius 2 is 2.19 bits per heavy atom. The first-order chi connectivity index (χ1) is 7.63. The van der Waals surface area contributed by atoms with Crippen LogP contribution in [0.1, 0.15) is 26.2 Å². The molecule has 0 aromatic carbocycles. The van der Waals surface area contributed by atoms with Crippen LogP contribution in [-0.2, 0) is 4.79 Å². The highest BCUT2D eigenvalue weighted by molar-refractivity contribution is 7.99. The van der Waals surface area contributed by atoms with E-state index in [0.29, 0.717) is 17.1 Å². The maximum absolute atomic E-state index is 12.1. The van der Waals surface area contributed by atoms with Gasteiger partial charge in [0.05, 0.1) is 5.92 Å². The minimum atomic E-state index is 0.0906. The molecule has 92 valence electrons. The largest absolute Gasteiger partial charge is 0.355 e. The highest BCUT2D eigenvalue weighted by atomic mass is 32.2. The molecule has 1 amide bonds. The molecule has 0 aromatic heterocycles. The number of carbonyl (C=O) groups excluding carboxylic acids is 1. The smallest absolute Gasteiger partial charge is 0.225 e. The van der Waals surface area contributed by atoms with Crippen molar-refractivity contribution < 1.29 is 4.79 Å². The lowest BCUT2D eigenvalue weighted by Crippen LogP contribution is -2.46. The first-order valence-corrected chi connectivity index (χ1v) is 7.48. The second-order valence-electron chi connectivity index (χ2n) is 5.23. The summed E-state index contributed by atoms with van der Waals surface area (Å²) in [6.07, 6.45) is 5.68. The lowest BCUT2D eigenvalue weighted by molar-refractivity contribution is -0.127. The lowest BCUT2D eigenvalue weighted by Gasteiger charge is -2.27. The molecule has 2 rings (SSSR count). The van der Waals surface area contributed by atoms with Crippen molar-refractivity contribution in [1.82, 2.24) is 5.32 Å². The van der Waals surface area contributed by atoms with E-state index in [4.69, 9.17) is 5.73 Å². The quantitative estimate of drug-likeness (QED) is 0.779. The van der Waals surface area contributed by atoms with Gasteiger partial charge < -0.3 is 11.1 Å². The van der Waals surface area contributed by atoms with Crippen molar-refractivity contribution in [2.75, 3.05) is 12.8 Å². The van der Waals surface area contributed by atoms with E-state index in [1.165, 1.54) is 19.3 Å². The fourth-order valence-corrected chi connectivity index (χ4v) is 3.42. The zero-order valence-corrected chi connectivity index (χ0v) is 10.9. The number of rotatable bonds is 4. The first-order valence-electron chi connectivity index (χ1n) is 6.19. The monoisotopic (exact) mass is 242 g/mol. The van der Waals surface area contributed by atoms with Crippen LogP contribution < -0.4 is 11.1 Å². The Morgan fingerprint density at radius 3 is 2.75 bits per heavy atom. The maximum atomic E-state index is 12.1. The van der Waals surface area contributed by atoms with Crippen LogP contribution in [0, 0.1) is 17.8 Å². The molecule has 3 N–H and O–H groups in total. The summed E-state index contributed by atoms with van der Waals surface area (Å²) in [7, 11) is 0. The normalized spacial score (nSPS) is 38.7. The SMILES string of the molecule is CSC(C)CNC(=O)C1C2CCC(C2)C1N. The van der Waals surface area contributed by atoms with Gasteiger partial charge in [0, 0.05) is 17.8 Å². The van der Waals surface area contributed by atoms with Gasteiger partial charge in [-0.1, -0.05) is 6.92 Å². The van der Waals surface area contributed by atoms with Gasteiger partial charge in [-0.15, -0.1) is 0 Å². The molecule has 0 saturated heterocycles. The Balaban J connectivity index is 1.86. The predicted octanol–water partition coefficient (Wildman–Crippen LogP) is 1.23. The average molecular weight is 242 g/mol. The van der Waals surface area contributed by atoms with Crippen LogP contribution in [0.4, 0.5) is 0 Å². The number of thioether (sulfide) groups is 1. The summed E-state index contributed by atoms with van der Waals surface area (Å²) in [5, 5.41) is 3.54. The predicted molar refractivity (Wildman–Crippen MR) is 68.3 cm³/mol. The van der Waals surface area contributed by atoms with Gasteiger partial charge in [0.2, 0.25) is 5.91 Å². The van der Waals surface area contributed by atoms with E-state index in [9.17, 15) is 4.79 Å². The summed E-state index contributed by atoms with van der Waals surface area (Å²) in [6, 6.07) is 0.114. The lowest BCUT2D eigenvalue weighted by atomic mass is 9.84. The van der Waals surface area contributed by atoms with Crippen LogP contribution in [-0.4, -0.2) is 30.0 Å². The molecule has 2 fully saturated rings. The van der Waals surface area contributed by atoms with E-state index < -0.39 is 0 Å². The Labute approximate surface area is 102 Å². The second kappa shape index (κ2) is 4.96. The zero-order valence-electron chi connectivity index (χ0n) is 10.1. The van der Waals surface area contributed by atoms with Gasteiger partial charge in [-0.25, -0.2) is 0 Å². The van der Waals surface area contributed by atoms with Crippen molar-refractivity contribution in [3.8, 4) is 0 Å². The highest BCUT2D eigenvalue weighted by Gasteiger charge is 2.48.